The monoisotopic (exact) mass is 435 g/mol. The highest BCUT2D eigenvalue weighted by Gasteiger charge is 2.16. The van der Waals surface area contributed by atoms with Crippen molar-refractivity contribution in [1.29, 1.82) is 0 Å². The normalized spacial score (nSPS) is 11.1. The van der Waals surface area contributed by atoms with Crippen LogP contribution in [0.1, 0.15) is 33.3 Å². The van der Waals surface area contributed by atoms with Gasteiger partial charge in [-0.05, 0) is 45.4 Å². The smallest absolute Gasteiger partial charge is 0.258 e. The molecule has 0 unspecified atom stereocenters. The summed E-state index contributed by atoms with van der Waals surface area (Å²) in [6, 6.07) is 9.04. The number of rotatable bonds is 11. The van der Waals surface area contributed by atoms with Gasteiger partial charge < -0.3 is 24.8 Å². The summed E-state index contributed by atoms with van der Waals surface area (Å²) in [5.74, 6) is 1.37. The fourth-order valence-electron chi connectivity index (χ4n) is 2.57. The van der Waals surface area contributed by atoms with E-state index in [-0.39, 0.29) is 18.1 Å². The van der Waals surface area contributed by atoms with Gasteiger partial charge in [-0.3, -0.25) is 4.79 Å². The quantitative estimate of drug-likeness (QED) is 0.525. The minimum absolute atomic E-state index is 0.115. The first-order chi connectivity index (χ1) is 14.3. The molecule has 0 radical (unpaired) electrons. The zero-order valence-corrected chi connectivity index (χ0v) is 18.7. The van der Waals surface area contributed by atoms with E-state index in [1.807, 2.05) is 52.0 Å². The Morgan fingerprint density at radius 1 is 1.13 bits per heavy atom. The van der Waals surface area contributed by atoms with Crippen LogP contribution in [0.15, 0.2) is 36.5 Å². The van der Waals surface area contributed by atoms with Crippen molar-refractivity contribution >= 4 is 17.5 Å². The van der Waals surface area contributed by atoms with Crippen molar-refractivity contribution < 1.29 is 19.0 Å². The molecule has 1 amide bonds. The summed E-state index contributed by atoms with van der Waals surface area (Å²) in [6.45, 7) is 9.63. The number of aromatic nitrogens is 1. The third-order valence-corrected chi connectivity index (χ3v) is 4.12. The van der Waals surface area contributed by atoms with Gasteiger partial charge in [0.15, 0.2) is 18.1 Å². The molecule has 2 N–H and O–H groups in total. The minimum Gasteiger partial charge on any atom is -0.490 e. The van der Waals surface area contributed by atoms with E-state index in [2.05, 4.69) is 15.6 Å². The van der Waals surface area contributed by atoms with Crippen LogP contribution < -0.4 is 24.8 Å². The average molecular weight is 436 g/mol. The molecule has 0 saturated heterocycles. The van der Waals surface area contributed by atoms with Gasteiger partial charge in [-0.25, -0.2) is 4.98 Å². The number of hydrogen-bond acceptors (Lipinski definition) is 6. The van der Waals surface area contributed by atoms with Gasteiger partial charge in [0.1, 0.15) is 6.61 Å². The van der Waals surface area contributed by atoms with Crippen molar-refractivity contribution in [3.05, 3.63) is 47.1 Å². The number of amides is 1. The first-order valence-electron chi connectivity index (χ1n) is 9.92. The largest absolute Gasteiger partial charge is 0.490 e. The first-order valence-corrected chi connectivity index (χ1v) is 10.3. The van der Waals surface area contributed by atoms with Crippen molar-refractivity contribution in [2.75, 3.05) is 26.4 Å². The van der Waals surface area contributed by atoms with Crippen LogP contribution in [0, 0.1) is 0 Å². The second-order valence-electron chi connectivity index (χ2n) is 7.60. The maximum atomic E-state index is 12.0. The Morgan fingerprint density at radius 3 is 2.57 bits per heavy atom. The van der Waals surface area contributed by atoms with Gasteiger partial charge in [0.05, 0.1) is 6.61 Å². The van der Waals surface area contributed by atoms with Gasteiger partial charge in [-0.15, -0.1) is 0 Å². The van der Waals surface area contributed by atoms with Gasteiger partial charge in [0.25, 0.3) is 5.91 Å². The Bertz CT molecular complexity index is 810. The summed E-state index contributed by atoms with van der Waals surface area (Å²) < 4.78 is 16.9. The van der Waals surface area contributed by atoms with Gasteiger partial charge in [-0.1, -0.05) is 17.7 Å². The van der Waals surface area contributed by atoms with Gasteiger partial charge in [0.2, 0.25) is 5.88 Å². The van der Waals surface area contributed by atoms with Crippen molar-refractivity contribution in [3.63, 3.8) is 0 Å². The molecule has 7 nitrogen and oxygen atoms in total. The molecule has 1 aromatic carbocycles. The molecule has 2 rings (SSSR count). The standard InChI is InChI=1S/C22H30ClN3O4/c1-5-28-18-12-16(14-24-10-11-29-21-8-6-7-9-25-21)17(23)13-19(18)30-15-20(27)26-22(2,3)4/h6-9,12-13,24H,5,10-11,14-15H2,1-4H3,(H,26,27). The third-order valence-electron chi connectivity index (χ3n) is 3.77. The van der Waals surface area contributed by atoms with E-state index < -0.39 is 0 Å². The van der Waals surface area contributed by atoms with Crippen molar-refractivity contribution in [1.82, 2.24) is 15.6 Å². The Morgan fingerprint density at radius 2 is 1.90 bits per heavy atom. The molecule has 0 spiro atoms. The zero-order chi connectivity index (χ0) is 22.0. The topological polar surface area (TPSA) is 81.7 Å². The molecule has 1 aromatic heterocycles. The Balaban J connectivity index is 1.90. The molecule has 164 valence electrons. The number of pyridine rings is 1. The summed E-state index contributed by atoms with van der Waals surface area (Å²) in [4.78, 5) is 16.1. The third kappa shape index (κ3) is 8.47. The summed E-state index contributed by atoms with van der Waals surface area (Å²) in [5, 5.41) is 6.66. The first kappa shape index (κ1) is 23.8. The molecule has 2 aromatic rings. The fourth-order valence-corrected chi connectivity index (χ4v) is 2.80. The second kappa shape index (κ2) is 11.6. The summed E-state index contributed by atoms with van der Waals surface area (Å²) in [7, 11) is 0. The van der Waals surface area contributed by atoms with Crippen LogP contribution in [-0.4, -0.2) is 42.8 Å². The molecule has 30 heavy (non-hydrogen) atoms. The molecule has 1 heterocycles. The van der Waals surface area contributed by atoms with E-state index in [1.54, 1.807) is 12.3 Å². The maximum Gasteiger partial charge on any atom is 0.258 e. The lowest BCUT2D eigenvalue weighted by atomic mass is 10.1. The van der Waals surface area contributed by atoms with Crippen molar-refractivity contribution in [2.45, 2.75) is 39.8 Å². The molecule has 0 fully saturated rings. The van der Waals surface area contributed by atoms with Crippen LogP contribution in [0.25, 0.3) is 0 Å². The van der Waals surface area contributed by atoms with Crippen LogP contribution in [0.5, 0.6) is 17.4 Å². The summed E-state index contributed by atoms with van der Waals surface area (Å²) >= 11 is 6.41. The summed E-state index contributed by atoms with van der Waals surface area (Å²) in [6.07, 6.45) is 1.69. The number of nitrogens with zero attached hydrogens (tertiary/aromatic N) is 1. The Labute approximate surface area is 183 Å². The summed E-state index contributed by atoms with van der Waals surface area (Å²) in [5.41, 5.74) is 0.542. The van der Waals surface area contributed by atoms with Crippen LogP contribution in [0.4, 0.5) is 0 Å². The van der Waals surface area contributed by atoms with Gasteiger partial charge >= 0.3 is 0 Å². The van der Waals surface area contributed by atoms with E-state index in [4.69, 9.17) is 25.8 Å². The van der Waals surface area contributed by atoms with E-state index >= 15 is 0 Å². The number of benzene rings is 1. The van der Waals surface area contributed by atoms with E-state index in [1.165, 1.54) is 0 Å². The highest BCUT2D eigenvalue weighted by molar-refractivity contribution is 6.31. The minimum atomic E-state index is -0.323. The predicted octanol–water partition coefficient (Wildman–Crippen LogP) is 3.60. The van der Waals surface area contributed by atoms with Crippen LogP contribution in [0.2, 0.25) is 5.02 Å². The zero-order valence-electron chi connectivity index (χ0n) is 18.0. The number of carbonyl (C=O) groups excluding carboxylic acids is 1. The molecule has 0 bridgehead atoms. The Hall–Kier alpha value is -2.51. The fraction of sp³-hybridized carbons (Fsp3) is 0.455. The number of ether oxygens (including phenoxy) is 3. The molecular formula is C22H30ClN3O4. The average Bonchev–Trinajstić information content (AvgIpc) is 2.68. The molecule has 0 atom stereocenters. The number of nitrogens with one attached hydrogen (secondary N) is 2. The van der Waals surface area contributed by atoms with Gasteiger partial charge in [0, 0.05) is 42.0 Å². The lowest BCUT2D eigenvalue weighted by Crippen LogP contribution is -2.43. The predicted molar refractivity (Wildman–Crippen MR) is 117 cm³/mol. The molecule has 0 aliphatic carbocycles. The van der Waals surface area contributed by atoms with Crippen molar-refractivity contribution in [3.8, 4) is 17.4 Å². The van der Waals surface area contributed by atoms with E-state index in [0.29, 0.717) is 48.7 Å². The SMILES string of the molecule is CCOc1cc(CNCCOc2ccccn2)c(Cl)cc1OCC(=O)NC(C)(C)C. The van der Waals surface area contributed by atoms with Crippen LogP contribution >= 0.6 is 11.6 Å². The number of halogens is 1. The second-order valence-corrected chi connectivity index (χ2v) is 8.01. The van der Waals surface area contributed by atoms with Gasteiger partial charge in [-0.2, -0.15) is 0 Å². The van der Waals surface area contributed by atoms with Crippen LogP contribution in [0.3, 0.4) is 0 Å². The maximum absolute atomic E-state index is 12.0. The van der Waals surface area contributed by atoms with E-state index in [0.717, 1.165) is 5.56 Å². The molecule has 8 heteroatoms. The highest BCUT2D eigenvalue weighted by atomic mass is 35.5. The lowest BCUT2D eigenvalue weighted by Gasteiger charge is -2.21. The molecular weight excluding hydrogens is 406 g/mol. The molecule has 0 saturated carbocycles. The number of hydrogen-bond donors (Lipinski definition) is 2. The van der Waals surface area contributed by atoms with Crippen molar-refractivity contribution in [2.24, 2.45) is 0 Å². The number of carbonyl (C=O) groups is 1. The van der Waals surface area contributed by atoms with E-state index in [9.17, 15) is 4.79 Å². The highest BCUT2D eigenvalue weighted by Crippen LogP contribution is 2.33. The molecule has 0 aliphatic heterocycles. The molecule has 0 aliphatic rings. The van der Waals surface area contributed by atoms with Crippen LogP contribution in [-0.2, 0) is 11.3 Å². The Kier molecular flexibility index (Phi) is 9.20. The lowest BCUT2D eigenvalue weighted by molar-refractivity contribution is -0.124.